The zero-order valence-corrected chi connectivity index (χ0v) is 22.0. The van der Waals surface area contributed by atoms with Crippen molar-refractivity contribution in [2.24, 2.45) is 5.92 Å². The summed E-state index contributed by atoms with van der Waals surface area (Å²) in [5.74, 6) is 2.57. The summed E-state index contributed by atoms with van der Waals surface area (Å²) in [7, 11) is 5.55. The van der Waals surface area contributed by atoms with Gasteiger partial charge in [0.2, 0.25) is 0 Å². The molecule has 1 aromatic heterocycles. The number of ether oxygens (including phenoxy) is 2. The number of likely N-dealkylation sites (tertiary alicyclic amines) is 1. The molecule has 0 spiro atoms. The molecule has 5 rings (SSSR count). The first kappa shape index (κ1) is 24.3. The Morgan fingerprint density at radius 3 is 2.31 bits per heavy atom. The maximum atomic E-state index is 5.56. The molecule has 1 atom stereocenters. The standard InChI is InChI=1S/C31H37N3O2/c1-20(2)30-26-16-23(22-6-10-25(11-7-22)32-18-21-14-15-34(3)19-21)8-12-27(26)33-31(30)24-9-13-28(35-4)29(17-24)36-5/h6-13,16-17,20-21,32-33H,14-15,18-19H2,1-5H3. The van der Waals surface area contributed by atoms with E-state index in [0.29, 0.717) is 5.92 Å². The lowest BCUT2D eigenvalue weighted by Crippen LogP contribution is -2.19. The smallest absolute Gasteiger partial charge is 0.161 e. The summed E-state index contributed by atoms with van der Waals surface area (Å²) in [4.78, 5) is 6.09. The highest BCUT2D eigenvalue weighted by Crippen LogP contribution is 2.40. The maximum Gasteiger partial charge on any atom is 0.161 e. The van der Waals surface area contributed by atoms with Gasteiger partial charge in [0, 0.05) is 35.2 Å². The van der Waals surface area contributed by atoms with E-state index in [9.17, 15) is 0 Å². The minimum atomic E-state index is 0.360. The average molecular weight is 484 g/mol. The molecule has 0 saturated carbocycles. The molecule has 0 amide bonds. The Labute approximate surface area is 214 Å². The van der Waals surface area contributed by atoms with Crippen LogP contribution in [0.2, 0.25) is 0 Å². The Bertz CT molecular complexity index is 1340. The van der Waals surface area contributed by atoms with Crippen molar-refractivity contribution in [2.45, 2.75) is 26.2 Å². The Morgan fingerprint density at radius 1 is 0.917 bits per heavy atom. The van der Waals surface area contributed by atoms with E-state index in [-0.39, 0.29) is 0 Å². The third-order valence-corrected chi connectivity index (χ3v) is 7.39. The Hall–Kier alpha value is -3.44. The molecule has 2 heterocycles. The average Bonchev–Trinajstić information content (AvgIpc) is 3.50. The van der Waals surface area contributed by atoms with Crippen molar-refractivity contribution in [3.8, 4) is 33.9 Å². The third kappa shape index (κ3) is 4.80. The van der Waals surface area contributed by atoms with Gasteiger partial charge in [0.15, 0.2) is 11.5 Å². The molecule has 1 aliphatic rings. The largest absolute Gasteiger partial charge is 0.493 e. The molecule has 0 bridgehead atoms. The molecule has 0 radical (unpaired) electrons. The van der Waals surface area contributed by atoms with Gasteiger partial charge in [-0.3, -0.25) is 0 Å². The zero-order valence-electron chi connectivity index (χ0n) is 22.0. The molecule has 4 aromatic rings. The van der Waals surface area contributed by atoms with Crippen LogP contribution in [0, 0.1) is 5.92 Å². The maximum absolute atomic E-state index is 5.56. The Morgan fingerprint density at radius 2 is 1.64 bits per heavy atom. The molecule has 5 heteroatoms. The topological polar surface area (TPSA) is 49.5 Å². The zero-order chi connectivity index (χ0) is 25.2. The molecule has 188 valence electrons. The van der Waals surface area contributed by atoms with Crippen LogP contribution in [0.4, 0.5) is 5.69 Å². The number of aromatic amines is 1. The fourth-order valence-corrected chi connectivity index (χ4v) is 5.45. The van der Waals surface area contributed by atoms with Crippen LogP contribution in [0.5, 0.6) is 11.5 Å². The van der Waals surface area contributed by atoms with Gasteiger partial charge in [0.1, 0.15) is 0 Å². The molecule has 0 aliphatic carbocycles. The molecule has 1 aliphatic heterocycles. The quantitative estimate of drug-likeness (QED) is 0.283. The van der Waals surface area contributed by atoms with Gasteiger partial charge in [-0.15, -0.1) is 0 Å². The molecule has 5 nitrogen and oxygen atoms in total. The number of rotatable bonds is 8. The highest BCUT2D eigenvalue weighted by Gasteiger charge is 2.20. The number of nitrogens with zero attached hydrogens (tertiary/aromatic N) is 1. The number of hydrogen-bond acceptors (Lipinski definition) is 4. The van der Waals surface area contributed by atoms with E-state index < -0.39 is 0 Å². The van der Waals surface area contributed by atoms with Crippen molar-refractivity contribution in [3.05, 3.63) is 66.2 Å². The SMILES string of the molecule is COc1ccc(-c2[nH]c3ccc(-c4ccc(NCC5CCN(C)C5)cc4)cc3c2C(C)C)cc1OC. The lowest BCUT2D eigenvalue weighted by Gasteiger charge is -2.13. The number of methoxy groups -OCH3 is 2. The van der Waals surface area contributed by atoms with E-state index in [2.05, 4.69) is 84.6 Å². The first-order chi connectivity index (χ1) is 17.5. The number of anilines is 1. The van der Waals surface area contributed by atoms with Gasteiger partial charge in [0.05, 0.1) is 19.9 Å². The summed E-state index contributed by atoms with van der Waals surface area (Å²) in [6.45, 7) is 7.93. The molecule has 3 aromatic carbocycles. The molecule has 2 N–H and O–H groups in total. The van der Waals surface area contributed by atoms with Gasteiger partial charge in [-0.25, -0.2) is 0 Å². The number of hydrogen-bond donors (Lipinski definition) is 2. The predicted octanol–water partition coefficient (Wildman–Crippen LogP) is 7.01. The van der Waals surface area contributed by atoms with Gasteiger partial charge >= 0.3 is 0 Å². The van der Waals surface area contributed by atoms with E-state index in [0.717, 1.165) is 40.7 Å². The molecule has 1 saturated heterocycles. The lowest BCUT2D eigenvalue weighted by atomic mass is 9.94. The second kappa shape index (κ2) is 10.3. The van der Waals surface area contributed by atoms with Crippen molar-refractivity contribution in [1.82, 2.24) is 9.88 Å². The third-order valence-electron chi connectivity index (χ3n) is 7.39. The van der Waals surface area contributed by atoms with Gasteiger partial charge in [-0.2, -0.15) is 0 Å². The summed E-state index contributed by atoms with van der Waals surface area (Å²) >= 11 is 0. The molecule has 1 unspecified atom stereocenters. The van der Waals surface area contributed by atoms with Crippen molar-refractivity contribution >= 4 is 16.6 Å². The van der Waals surface area contributed by atoms with Crippen LogP contribution < -0.4 is 14.8 Å². The van der Waals surface area contributed by atoms with Crippen molar-refractivity contribution in [1.29, 1.82) is 0 Å². The summed E-state index contributed by atoms with van der Waals surface area (Å²) < 4.78 is 11.0. The second-order valence-corrected chi connectivity index (χ2v) is 10.3. The highest BCUT2D eigenvalue weighted by atomic mass is 16.5. The molecule has 36 heavy (non-hydrogen) atoms. The first-order valence-electron chi connectivity index (χ1n) is 12.9. The lowest BCUT2D eigenvalue weighted by molar-refractivity contribution is 0.355. The van der Waals surface area contributed by atoms with Gasteiger partial charge < -0.3 is 24.7 Å². The second-order valence-electron chi connectivity index (χ2n) is 10.3. The van der Waals surface area contributed by atoms with Crippen molar-refractivity contribution < 1.29 is 9.47 Å². The number of nitrogens with one attached hydrogen (secondary N) is 2. The first-order valence-corrected chi connectivity index (χ1v) is 12.9. The van der Waals surface area contributed by atoms with Crippen LogP contribution in [0.3, 0.4) is 0 Å². The summed E-state index contributed by atoms with van der Waals surface area (Å²) in [5, 5.41) is 4.89. The van der Waals surface area contributed by atoms with E-state index in [1.165, 1.54) is 47.3 Å². The summed E-state index contributed by atoms with van der Waals surface area (Å²) in [5.41, 5.74) is 8.34. The van der Waals surface area contributed by atoms with Crippen LogP contribution in [0.15, 0.2) is 60.7 Å². The molecular weight excluding hydrogens is 446 g/mol. The van der Waals surface area contributed by atoms with Gasteiger partial charge in [-0.1, -0.05) is 32.0 Å². The molecule has 1 fully saturated rings. The van der Waals surface area contributed by atoms with Gasteiger partial charge in [-0.05, 0) is 91.0 Å². The van der Waals surface area contributed by atoms with Crippen LogP contribution in [-0.4, -0.2) is 50.8 Å². The van der Waals surface area contributed by atoms with Crippen molar-refractivity contribution in [3.63, 3.8) is 0 Å². The van der Waals surface area contributed by atoms with Gasteiger partial charge in [0.25, 0.3) is 0 Å². The minimum Gasteiger partial charge on any atom is -0.493 e. The highest BCUT2D eigenvalue weighted by molar-refractivity contribution is 5.94. The minimum absolute atomic E-state index is 0.360. The number of H-pyrrole nitrogens is 1. The van der Waals surface area contributed by atoms with Crippen LogP contribution in [0.1, 0.15) is 31.7 Å². The van der Waals surface area contributed by atoms with Crippen LogP contribution in [0.25, 0.3) is 33.3 Å². The predicted molar refractivity (Wildman–Crippen MR) is 150 cm³/mol. The summed E-state index contributed by atoms with van der Waals surface area (Å²) in [6.07, 6.45) is 1.28. The van der Waals surface area contributed by atoms with Crippen LogP contribution in [-0.2, 0) is 0 Å². The van der Waals surface area contributed by atoms with E-state index in [4.69, 9.17) is 9.47 Å². The number of fused-ring (bicyclic) bond motifs is 1. The fourth-order valence-electron chi connectivity index (χ4n) is 5.45. The molecular formula is C31H37N3O2. The fraction of sp³-hybridized carbons (Fsp3) is 0.355. The normalized spacial score (nSPS) is 16.1. The number of aromatic nitrogens is 1. The number of benzene rings is 3. The van der Waals surface area contributed by atoms with Crippen molar-refractivity contribution in [2.75, 3.05) is 46.2 Å². The Balaban J connectivity index is 1.44. The van der Waals surface area contributed by atoms with E-state index in [1.807, 2.05) is 12.1 Å². The van der Waals surface area contributed by atoms with Crippen LogP contribution >= 0.6 is 0 Å². The summed E-state index contributed by atoms with van der Waals surface area (Å²) in [6, 6.07) is 21.7. The monoisotopic (exact) mass is 483 g/mol. The van der Waals surface area contributed by atoms with E-state index in [1.54, 1.807) is 14.2 Å². The van der Waals surface area contributed by atoms with E-state index >= 15 is 0 Å². The Kier molecular flexibility index (Phi) is 6.92.